The van der Waals surface area contributed by atoms with Crippen molar-refractivity contribution >= 4 is 15.7 Å². The number of benzene rings is 2. The summed E-state index contributed by atoms with van der Waals surface area (Å²) in [5.41, 5.74) is 0.456. The summed E-state index contributed by atoms with van der Waals surface area (Å²) in [6.45, 7) is 0. The largest absolute Gasteiger partial charge is 0.573 e. The van der Waals surface area contributed by atoms with Gasteiger partial charge in [-0.2, -0.15) is 0 Å². The lowest BCUT2D eigenvalue weighted by atomic mass is 10.2. The number of nitrogens with one attached hydrogen (secondary N) is 1. The molecular formula is C14H11F4NO3S. The van der Waals surface area contributed by atoms with Crippen molar-refractivity contribution in [2.45, 2.75) is 12.1 Å². The third kappa shape index (κ3) is 5.78. The van der Waals surface area contributed by atoms with Gasteiger partial charge in [0.1, 0.15) is 11.6 Å². The van der Waals surface area contributed by atoms with Crippen molar-refractivity contribution in [2.75, 3.05) is 4.72 Å². The van der Waals surface area contributed by atoms with E-state index in [4.69, 9.17) is 0 Å². The topological polar surface area (TPSA) is 55.4 Å². The number of rotatable bonds is 5. The molecule has 124 valence electrons. The number of anilines is 1. The Bertz CT molecular complexity index is 756. The number of ether oxygens (including phenoxy) is 1. The standard InChI is InChI=1S/C14H11F4NO3S/c15-11-3-1-10(2-4-11)9-23(20,21)19-12-5-7-13(8-6-12)22-14(16,17)18/h1-8,19H,9H2. The van der Waals surface area contributed by atoms with Crippen molar-refractivity contribution in [1.82, 2.24) is 0 Å². The highest BCUT2D eigenvalue weighted by atomic mass is 32.2. The summed E-state index contributed by atoms with van der Waals surface area (Å²) in [6.07, 6.45) is -4.82. The first-order valence-corrected chi connectivity index (χ1v) is 7.89. The Morgan fingerprint density at radius 1 is 0.957 bits per heavy atom. The monoisotopic (exact) mass is 349 g/mol. The number of halogens is 4. The van der Waals surface area contributed by atoms with Crippen LogP contribution >= 0.6 is 0 Å². The molecule has 0 atom stereocenters. The molecule has 23 heavy (non-hydrogen) atoms. The van der Waals surface area contributed by atoms with E-state index in [1.165, 1.54) is 12.1 Å². The van der Waals surface area contributed by atoms with Crippen molar-refractivity contribution < 1.29 is 30.7 Å². The molecule has 0 saturated heterocycles. The van der Waals surface area contributed by atoms with E-state index < -0.39 is 33.7 Å². The van der Waals surface area contributed by atoms with Gasteiger partial charge in [0.25, 0.3) is 0 Å². The number of hydrogen-bond donors (Lipinski definition) is 1. The van der Waals surface area contributed by atoms with Gasteiger partial charge in [-0.3, -0.25) is 4.72 Å². The van der Waals surface area contributed by atoms with Crippen LogP contribution < -0.4 is 9.46 Å². The van der Waals surface area contributed by atoms with Crippen molar-refractivity contribution in [1.29, 1.82) is 0 Å². The van der Waals surface area contributed by atoms with Gasteiger partial charge in [-0.25, -0.2) is 12.8 Å². The van der Waals surface area contributed by atoms with Gasteiger partial charge in [0.2, 0.25) is 10.0 Å². The summed E-state index contributed by atoms with van der Waals surface area (Å²) >= 11 is 0. The van der Waals surface area contributed by atoms with Crippen LogP contribution in [-0.4, -0.2) is 14.8 Å². The van der Waals surface area contributed by atoms with Crippen LogP contribution in [0, 0.1) is 5.82 Å². The highest BCUT2D eigenvalue weighted by Crippen LogP contribution is 2.24. The lowest BCUT2D eigenvalue weighted by molar-refractivity contribution is -0.274. The zero-order valence-corrected chi connectivity index (χ0v) is 12.3. The molecule has 0 unspecified atom stereocenters. The summed E-state index contributed by atoms with van der Waals surface area (Å²) in [7, 11) is -3.78. The molecule has 4 nitrogen and oxygen atoms in total. The van der Waals surface area contributed by atoms with E-state index in [-0.39, 0.29) is 5.69 Å². The Morgan fingerprint density at radius 2 is 1.52 bits per heavy atom. The second-order valence-corrected chi connectivity index (χ2v) is 6.28. The summed E-state index contributed by atoms with van der Waals surface area (Å²) in [6, 6.07) is 9.19. The van der Waals surface area contributed by atoms with Gasteiger partial charge in [-0.1, -0.05) is 12.1 Å². The van der Waals surface area contributed by atoms with Crippen LogP contribution in [0.4, 0.5) is 23.2 Å². The van der Waals surface area contributed by atoms with Gasteiger partial charge in [0, 0.05) is 5.69 Å². The molecule has 1 N–H and O–H groups in total. The predicted octanol–water partition coefficient (Wildman–Crippen LogP) is 3.67. The van der Waals surface area contributed by atoms with Gasteiger partial charge in [-0.05, 0) is 42.0 Å². The fraction of sp³-hybridized carbons (Fsp3) is 0.143. The minimum atomic E-state index is -4.82. The van der Waals surface area contributed by atoms with Crippen LogP contribution in [0.25, 0.3) is 0 Å². The molecule has 0 aliphatic carbocycles. The highest BCUT2D eigenvalue weighted by molar-refractivity contribution is 7.91. The average Bonchev–Trinajstić information content (AvgIpc) is 2.41. The molecule has 2 aromatic rings. The van der Waals surface area contributed by atoms with Gasteiger partial charge < -0.3 is 4.74 Å². The molecule has 2 aromatic carbocycles. The van der Waals surface area contributed by atoms with E-state index in [1.807, 2.05) is 0 Å². The van der Waals surface area contributed by atoms with Gasteiger partial charge in [0.05, 0.1) is 5.75 Å². The molecule has 0 saturated carbocycles. The highest BCUT2D eigenvalue weighted by Gasteiger charge is 2.31. The molecule has 0 spiro atoms. The number of alkyl halides is 3. The zero-order chi connectivity index (χ0) is 17.1. The Kier molecular flexibility index (Phi) is 4.79. The van der Waals surface area contributed by atoms with Crippen LogP contribution in [0.2, 0.25) is 0 Å². The molecule has 0 heterocycles. The molecule has 0 aliphatic rings. The van der Waals surface area contributed by atoms with Crippen LogP contribution in [0.3, 0.4) is 0 Å². The second-order valence-electron chi connectivity index (χ2n) is 4.56. The Hall–Kier alpha value is -2.29. The third-order valence-corrected chi connectivity index (χ3v) is 3.89. The van der Waals surface area contributed by atoms with E-state index in [0.717, 1.165) is 36.4 Å². The van der Waals surface area contributed by atoms with E-state index in [0.29, 0.717) is 5.56 Å². The molecule has 9 heteroatoms. The van der Waals surface area contributed by atoms with Gasteiger partial charge >= 0.3 is 6.36 Å². The van der Waals surface area contributed by atoms with E-state index in [2.05, 4.69) is 9.46 Å². The quantitative estimate of drug-likeness (QED) is 0.838. The maximum absolute atomic E-state index is 12.8. The lowest BCUT2D eigenvalue weighted by Gasteiger charge is -2.11. The predicted molar refractivity (Wildman–Crippen MR) is 75.8 cm³/mol. The first-order valence-electron chi connectivity index (χ1n) is 6.24. The number of hydrogen-bond acceptors (Lipinski definition) is 3. The third-order valence-electron chi connectivity index (χ3n) is 2.63. The Balaban J connectivity index is 2.04. The summed E-state index contributed by atoms with van der Waals surface area (Å²) < 4.78 is 78.6. The molecule has 0 bridgehead atoms. The normalized spacial score (nSPS) is 12.0. The minimum Gasteiger partial charge on any atom is -0.406 e. The van der Waals surface area contributed by atoms with E-state index in [9.17, 15) is 26.0 Å². The van der Waals surface area contributed by atoms with Crippen molar-refractivity contribution in [3.63, 3.8) is 0 Å². The van der Waals surface area contributed by atoms with Crippen molar-refractivity contribution in [3.8, 4) is 5.75 Å². The Morgan fingerprint density at radius 3 is 2.04 bits per heavy atom. The Labute approximate surface area is 129 Å². The fourth-order valence-corrected chi connectivity index (χ4v) is 2.94. The van der Waals surface area contributed by atoms with Crippen LogP contribution in [0.1, 0.15) is 5.56 Å². The zero-order valence-electron chi connectivity index (χ0n) is 11.5. The number of sulfonamides is 1. The molecule has 0 radical (unpaired) electrons. The summed E-state index contributed by atoms with van der Waals surface area (Å²) in [5, 5.41) is 0. The fourth-order valence-electron chi connectivity index (χ4n) is 1.74. The van der Waals surface area contributed by atoms with Gasteiger partial charge in [-0.15, -0.1) is 13.2 Å². The molecule has 0 aromatic heterocycles. The van der Waals surface area contributed by atoms with Crippen LogP contribution in [0.15, 0.2) is 48.5 Å². The SMILES string of the molecule is O=S(=O)(Cc1ccc(F)cc1)Nc1ccc(OC(F)(F)F)cc1. The van der Waals surface area contributed by atoms with Crippen molar-refractivity contribution in [2.24, 2.45) is 0 Å². The first-order chi connectivity index (χ1) is 10.6. The molecule has 0 amide bonds. The summed E-state index contributed by atoms with van der Waals surface area (Å²) in [5.74, 6) is -1.34. The first kappa shape index (κ1) is 17.1. The molecule has 0 fully saturated rings. The van der Waals surface area contributed by atoms with Crippen molar-refractivity contribution in [3.05, 3.63) is 59.9 Å². The average molecular weight is 349 g/mol. The molecule has 2 rings (SSSR count). The summed E-state index contributed by atoms with van der Waals surface area (Å²) in [4.78, 5) is 0. The molecule has 0 aliphatic heterocycles. The van der Waals surface area contributed by atoms with E-state index in [1.54, 1.807) is 0 Å². The lowest BCUT2D eigenvalue weighted by Crippen LogP contribution is -2.17. The maximum atomic E-state index is 12.8. The van der Waals surface area contributed by atoms with Crippen LogP contribution in [0.5, 0.6) is 5.75 Å². The maximum Gasteiger partial charge on any atom is 0.573 e. The molecular weight excluding hydrogens is 338 g/mol. The second kappa shape index (κ2) is 6.45. The minimum absolute atomic E-state index is 0.0848. The van der Waals surface area contributed by atoms with E-state index >= 15 is 0 Å². The smallest absolute Gasteiger partial charge is 0.406 e. The van der Waals surface area contributed by atoms with Gasteiger partial charge in [0.15, 0.2) is 0 Å². The van der Waals surface area contributed by atoms with Crippen LogP contribution in [-0.2, 0) is 15.8 Å².